The normalized spacial score (nSPS) is 11.3. The Morgan fingerprint density at radius 2 is 1.69 bits per heavy atom. The Balaban J connectivity index is 1.92. The van der Waals surface area contributed by atoms with E-state index in [0.29, 0.717) is 32.6 Å². The first-order valence-electron chi connectivity index (χ1n) is 8.28. The molecule has 0 atom stereocenters. The summed E-state index contributed by atoms with van der Waals surface area (Å²) in [5, 5.41) is 3.04. The van der Waals surface area contributed by atoms with E-state index in [1.54, 1.807) is 6.07 Å². The van der Waals surface area contributed by atoms with Crippen molar-refractivity contribution in [2.45, 2.75) is 4.90 Å². The molecule has 9 nitrogen and oxygen atoms in total. The quantitative estimate of drug-likeness (QED) is 0.583. The summed E-state index contributed by atoms with van der Waals surface area (Å²) in [5.41, 5.74) is 0.863. The van der Waals surface area contributed by atoms with Gasteiger partial charge in [-0.3, -0.25) is 10.1 Å². The number of carbonyl (C=O) groups is 1. The minimum Gasteiger partial charge on any atom is -0.493 e. The molecular weight excluding hydrogens is 418 g/mol. The third-order valence-electron chi connectivity index (χ3n) is 4.09. The number of nitrogens with zero attached hydrogens (tertiary/aromatic N) is 1. The summed E-state index contributed by atoms with van der Waals surface area (Å²) >= 11 is 1.17. The summed E-state index contributed by atoms with van der Waals surface area (Å²) in [4.78, 5) is 17.2. The molecule has 11 heteroatoms. The lowest BCUT2D eigenvalue weighted by Gasteiger charge is -2.13. The fourth-order valence-corrected chi connectivity index (χ4v) is 4.36. The van der Waals surface area contributed by atoms with Gasteiger partial charge < -0.3 is 14.2 Å². The molecule has 0 aliphatic heterocycles. The number of fused-ring (bicyclic) bond motifs is 1. The maximum absolute atomic E-state index is 12.7. The van der Waals surface area contributed by atoms with Crippen molar-refractivity contribution in [3.05, 3.63) is 35.9 Å². The van der Waals surface area contributed by atoms with Crippen LogP contribution in [0.2, 0.25) is 0 Å². The van der Waals surface area contributed by atoms with Crippen molar-refractivity contribution in [1.29, 1.82) is 0 Å². The molecule has 1 amide bonds. The predicted octanol–water partition coefficient (Wildman–Crippen LogP) is 2.48. The van der Waals surface area contributed by atoms with Crippen LogP contribution in [-0.2, 0) is 10.0 Å². The fourth-order valence-electron chi connectivity index (χ4n) is 2.62. The maximum Gasteiger partial charge on any atom is 0.257 e. The first-order valence-corrected chi connectivity index (χ1v) is 10.6. The number of amides is 1. The SMILES string of the molecule is CNS(=O)(=O)c1ccc2nc(NC(=O)c3cc(OC)c(OC)c(OC)c3)sc2c1. The number of thiazole rings is 1. The second kappa shape index (κ2) is 8.23. The Kier molecular flexibility index (Phi) is 5.91. The molecule has 3 rings (SSSR count). The molecule has 154 valence electrons. The van der Waals surface area contributed by atoms with Crippen molar-refractivity contribution >= 4 is 42.6 Å². The molecule has 0 fully saturated rings. The highest BCUT2D eigenvalue weighted by atomic mass is 32.2. The largest absolute Gasteiger partial charge is 0.493 e. The molecule has 0 aliphatic rings. The van der Waals surface area contributed by atoms with Crippen LogP contribution in [0.25, 0.3) is 10.2 Å². The number of benzene rings is 2. The van der Waals surface area contributed by atoms with Crippen molar-refractivity contribution in [3.8, 4) is 17.2 Å². The van der Waals surface area contributed by atoms with Crippen LogP contribution in [0.4, 0.5) is 5.13 Å². The summed E-state index contributed by atoms with van der Waals surface area (Å²) in [6, 6.07) is 7.61. The van der Waals surface area contributed by atoms with Gasteiger partial charge in [0.15, 0.2) is 16.6 Å². The van der Waals surface area contributed by atoms with Crippen molar-refractivity contribution < 1.29 is 27.4 Å². The fraction of sp³-hybridized carbons (Fsp3) is 0.222. The van der Waals surface area contributed by atoms with Gasteiger partial charge in [-0.05, 0) is 37.4 Å². The van der Waals surface area contributed by atoms with Gasteiger partial charge in [-0.2, -0.15) is 0 Å². The van der Waals surface area contributed by atoms with E-state index in [4.69, 9.17) is 14.2 Å². The molecule has 0 aliphatic carbocycles. The summed E-state index contributed by atoms with van der Waals surface area (Å²) in [6.07, 6.45) is 0. The number of nitrogens with one attached hydrogen (secondary N) is 2. The zero-order valence-corrected chi connectivity index (χ0v) is 17.7. The van der Waals surface area contributed by atoms with Gasteiger partial charge in [0.1, 0.15) is 0 Å². The standard InChI is InChI=1S/C18H19N3O6S2/c1-19-29(23,24)11-5-6-12-15(9-11)28-18(20-12)21-17(22)10-7-13(25-2)16(27-4)14(8-10)26-3/h5-9,19H,1-4H3,(H,20,21,22). The van der Waals surface area contributed by atoms with Crippen LogP contribution in [-0.4, -0.2) is 47.7 Å². The summed E-state index contributed by atoms with van der Waals surface area (Å²) in [7, 11) is 2.18. The molecule has 1 aromatic heterocycles. The Hall–Kier alpha value is -2.89. The molecule has 3 aromatic rings. The van der Waals surface area contributed by atoms with Crippen molar-refractivity contribution in [3.63, 3.8) is 0 Å². The third kappa shape index (κ3) is 4.11. The molecule has 29 heavy (non-hydrogen) atoms. The van der Waals surface area contributed by atoms with Crippen LogP contribution in [0.1, 0.15) is 10.4 Å². The Labute approximate surface area is 171 Å². The topological polar surface area (TPSA) is 116 Å². The van der Waals surface area contributed by atoms with Crippen LogP contribution < -0.4 is 24.2 Å². The maximum atomic E-state index is 12.7. The predicted molar refractivity (Wildman–Crippen MR) is 110 cm³/mol. The van der Waals surface area contributed by atoms with E-state index in [1.807, 2.05) is 0 Å². The van der Waals surface area contributed by atoms with Gasteiger partial charge in [-0.1, -0.05) is 11.3 Å². The van der Waals surface area contributed by atoms with Gasteiger partial charge in [0.05, 0.1) is 36.4 Å². The minimum atomic E-state index is -3.57. The number of hydrogen-bond acceptors (Lipinski definition) is 8. The van der Waals surface area contributed by atoms with Gasteiger partial charge in [-0.15, -0.1) is 0 Å². The van der Waals surface area contributed by atoms with Crippen LogP contribution in [0, 0.1) is 0 Å². The van der Waals surface area contributed by atoms with E-state index in [9.17, 15) is 13.2 Å². The molecule has 0 spiro atoms. The molecule has 0 unspecified atom stereocenters. The number of sulfonamides is 1. The number of aromatic nitrogens is 1. The Morgan fingerprint density at radius 3 is 2.24 bits per heavy atom. The average molecular weight is 437 g/mol. The first-order chi connectivity index (χ1) is 13.8. The molecule has 1 heterocycles. The number of rotatable bonds is 7. The monoisotopic (exact) mass is 437 g/mol. The Morgan fingerprint density at radius 1 is 1.03 bits per heavy atom. The van der Waals surface area contributed by atoms with Crippen molar-refractivity contribution in [2.24, 2.45) is 0 Å². The molecule has 2 N–H and O–H groups in total. The number of methoxy groups -OCH3 is 3. The van der Waals surface area contributed by atoms with E-state index < -0.39 is 15.9 Å². The summed E-state index contributed by atoms with van der Waals surface area (Å²) < 4.78 is 42.6. The third-order valence-corrected chi connectivity index (χ3v) is 6.43. The van der Waals surface area contributed by atoms with Crippen molar-refractivity contribution in [2.75, 3.05) is 33.7 Å². The number of ether oxygens (including phenoxy) is 3. The zero-order valence-electron chi connectivity index (χ0n) is 16.1. The highest BCUT2D eigenvalue weighted by Gasteiger charge is 2.19. The van der Waals surface area contributed by atoms with E-state index in [-0.39, 0.29) is 10.5 Å². The molecule has 0 saturated heterocycles. The van der Waals surface area contributed by atoms with E-state index >= 15 is 0 Å². The van der Waals surface area contributed by atoms with Gasteiger partial charge in [0.25, 0.3) is 5.91 Å². The molecule has 2 aromatic carbocycles. The second-order valence-corrected chi connectivity index (χ2v) is 8.64. The van der Waals surface area contributed by atoms with Crippen LogP contribution in [0.3, 0.4) is 0 Å². The van der Waals surface area contributed by atoms with Gasteiger partial charge in [-0.25, -0.2) is 18.1 Å². The zero-order chi connectivity index (χ0) is 21.2. The molecule has 0 saturated carbocycles. The lowest BCUT2D eigenvalue weighted by atomic mass is 10.1. The number of anilines is 1. The molecule has 0 bridgehead atoms. The van der Waals surface area contributed by atoms with Gasteiger partial charge in [0, 0.05) is 5.56 Å². The van der Waals surface area contributed by atoms with Crippen LogP contribution >= 0.6 is 11.3 Å². The summed E-state index contributed by atoms with van der Waals surface area (Å²) in [6.45, 7) is 0. The lowest BCUT2D eigenvalue weighted by molar-refractivity contribution is 0.102. The lowest BCUT2D eigenvalue weighted by Crippen LogP contribution is -2.18. The second-order valence-electron chi connectivity index (χ2n) is 5.72. The van der Waals surface area contributed by atoms with Gasteiger partial charge in [0.2, 0.25) is 15.8 Å². The van der Waals surface area contributed by atoms with Crippen LogP contribution in [0.5, 0.6) is 17.2 Å². The molecular formula is C18H19N3O6S2. The number of carbonyl (C=O) groups excluding carboxylic acids is 1. The van der Waals surface area contributed by atoms with Crippen molar-refractivity contribution in [1.82, 2.24) is 9.71 Å². The first kappa shape index (κ1) is 20.8. The average Bonchev–Trinajstić information content (AvgIpc) is 3.13. The summed E-state index contributed by atoms with van der Waals surface area (Å²) in [5.74, 6) is 0.655. The highest BCUT2D eigenvalue weighted by molar-refractivity contribution is 7.89. The van der Waals surface area contributed by atoms with E-state index in [1.165, 1.54) is 64.0 Å². The Bertz CT molecular complexity index is 1150. The van der Waals surface area contributed by atoms with Gasteiger partial charge >= 0.3 is 0 Å². The van der Waals surface area contributed by atoms with E-state index in [2.05, 4.69) is 15.0 Å². The van der Waals surface area contributed by atoms with E-state index in [0.717, 1.165) is 0 Å². The smallest absolute Gasteiger partial charge is 0.257 e. The highest BCUT2D eigenvalue weighted by Crippen LogP contribution is 2.38. The molecule has 0 radical (unpaired) electrons. The minimum absolute atomic E-state index is 0.124. The van der Waals surface area contributed by atoms with Crippen LogP contribution in [0.15, 0.2) is 35.2 Å². The number of hydrogen-bond donors (Lipinski definition) is 2.